The fourth-order valence-electron chi connectivity index (χ4n) is 1.99. The van der Waals surface area contributed by atoms with E-state index in [0.29, 0.717) is 0 Å². The monoisotopic (exact) mass is 221 g/mol. The highest BCUT2D eigenvalue weighted by Gasteiger charge is 2.58. The Hall–Kier alpha value is -0.660. The van der Waals surface area contributed by atoms with Gasteiger partial charge in [-0.1, -0.05) is 0 Å². The summed E-state index contributed by atoms with van der Waals surface area (Å²) in [6, 6.07) is 0. The first-order chi connectivity index (χ1) is 6.49. The molecule has 2 heterocycles. The molecule has 0 aliphatic carbocycles. The molecule has 14 heavy (non-hydrogen) atoms. The lowest BCUT2D eigenvalue weighted by atomic mass is 10.0. The van der Waals surface area contributed by atoms with E-state index >= 15 is 0 Å². The zero-order valence-corrected chi connectivity index (χ0v) is 8.21. The van der Waals surface area contributed by atoms with Crippen molar-refractivity contribution in [2.45, 2.75) is 10.9 Å². The second-order valence-electron chi connectivity index (χ2n) is 3.53. The molecular weight excluding hydrogens is 210 g/mol. The van der Waals surface area contributed by atoms with Crippen molar-refractivity contribution in [3.8, 4) is 0 Å². The van der Waals surface area contributed by atoms with Crippen LogP contribution in [0.15, 0.2) is 0 Å². The average Bonchev–Trinajstić information content (AvgIpc) is 2.49. The van der Waals surface area contributed by atoms with E-state index in [-0.39, 0.29) is 25.4 Å². The number of carbonyl (C=O) groups is 1. The zero-order valence-electron chi connectivity index (χ0n) is 7.39. The van der Waals surface area contributed by atoms with Crippen LogP contribution in [-0.4, -0.2) is 55.8 Å². The predicted octanol–water partition coefficient (Wildman–Crippen LogP) is -1.77. The smallest absolute Gasteiger partial charge is 0.338 e. The molecule has 0 aromatic rings. The van der Waals surface area contributed by atoms with Crippen molar-refractivity contribution in [3.05, 3.63) is 0 Å². The zero-order chi connectivity index (χ0) is 10.4. The highest BCUT2D eigenvalue weighted by molar-refractivity contribution is 7.92. The van der Waals surface area contributed by atoms with Crippen LogP contribution in [0.2, 0.25) is 0 Å². The minimum atomic E-state index is -3.33. The molecule has 0 saturated carbocycles. The molecule has 2 N–H and O–H groups in total. The van der Waals surface area contributed by atoms with Gasteiger partial charge in [0.25, 0.3) is 0 Å². The van der Waals surface area contributed by atoms with E-state index < -0.39 is 26.7 Å². The third-order valence-electron chi connectivity index (χ3n) is 2.76. The Bertz CT molecular complexity index is 364. The van der Waals surface area contributed by atoms with Crippen molar-refractivity contribution in [3.63, 3.8) is 0 Å². The highest BCUT2D eigenvalue weighted by Crippen LogP contribution is 2.30. The number of carboxylic acids is 1. The molecule has 0 radical (unpaired) electrons. The summed E-state index contributed by atoms with van der Waals surface area (Å²) < 4.78 is 28.3. The van der Waals surface area contributed by atoms with Gasteiger partial charge in [-0.25, -0.2) is 13.2 Å². The molecular formula is C7H11NO5S. The Kier molecular flexibility index (Phi) is 2.06. The van der Waals surface area contributed by atoms with Crippen molar-refractivity contribution in [2.24, 2.45) is 0 Å². The average molecular weight is 221 g/mol. The molecule has 0 aromatic carbocycles. The van der Waals surface area contributed by atoms with Gasteiger partial charge in [-0.05, 0) is 0 Å². The van der Waals surface area contributed by atoms with E-state index in [1.54, 1.807) is 0 Å². The SMILES string of the molecule is O=C(O)[C@]12CNC[C@H]1S(=O)(=O)CCO2. The summed E-state index contributed by atoms with van der Waals surface area (Å²) in [5.74, 6) is -1.29. The van der Waals surface area contributed by atoms with E-state index in [2.05, 4.69) is 5.32 Å². The maximum Gasteiger partial charge on any atom is 0.338 e. The molecule has 2 aliphatic rings. The quantitative estimate of drug-likeness (QED) is 0.544. The van der Waals surface area contributed by atoms with Crippen LogP contribution >= 0.6 is 0 Å². The van der Waals surface area contributed by atoms with E-state index in [1.807, 2.05) is 0 Å². The molecule has 6 nitrogen and oxygen atoms in total. The van der Waals surface area contributed by atoms with Crippen LogP contribution in [0.5, 0.6) is 0 Å². The third-order valence-corrected chi connectivity index (χ3v) is 4.91. The van der Waals surface area contributed by atoms with Crippen LogP contribution in [-0.2, 0) is 19.4 Å². The summed E-state index contributed by atoms with van der Waals surface area (Å²) in [5, 5.41) is 10.8. The van der Waals surface area contributed by atoms with Crippen molar-refractivity contribution >= 4 is 15.8 Å². The summed E-state index contributed by atoms with van der Waals surface area (Å²) in [5.41, 5.74) is -1.56. The Labute approximate surface area is 81.2 Å². The maximum absolute atomic E-state index is 11.6. The molecule has 0 spiro atoms. The van der Waals surface area contributed by atoms with Crippen molar-refractivity contribution in [1.82, 2.24) is 5.32 Å². The van der Waals surface area contributed by atoms with Gasteiger partial charge in [0.05, 0.1) is 12.4 Å². The van der Waals surface area contributed by atoms with Crippen LogP contribution in [0.4, 0.5) is 0 Å². The lowest BCUT2D eigenvalue weighted by molar-refractivity contribution is -0.163. The number of nitrogens with one attached hydrogen (secondary N) is 1. The Morgan fingerprint density at radius 2 is 2.29 bits per heavy atom. The minimum absolute atomic E-state index is 0.0349. The molecule has 0 unspecified atom stereocenters. The van der Waals surface area contributed by atoms with Gasteiger partial charge in [-0.3, -0.25) is 0 Å². The lowest BCUT2D eigenvalue weighted by Gasteiger charge is -2.34. The van der Waals surface area contributed by atoms with Gasteiger partial charge < -0.3 is 15.2 Å². The second-order valence-corrected chi connectivity index (χ2v) is 5.83. The molecule has 0 aromatic heterocycles. The molecule has 7 heteroatoms. The van der Waals surface area contributed by atoms with Crippen molar-refractivity contribution in [2.75, 3.05) is 25.4 Å². The van der Waals surface area contributed by atoms with Crippen LogP contribution in [0, 0.1) is 0 Å². The molecule has 2 aliphatic heterocycles. The van der Waals surface area contributed by atoms with Crippen LogP contribution in [0.1, 0.15) is 0 Å². The lowest BCUT2D eigenvalue weighted by Crippen LogP contribution is -2.58. The van der Waals surface area contributed by atoms with E-state index in [0.717, 1.165) is 0 Å². The number of sulfone groups is 1. The van der Waals surface area contributed by atoms with Crippen LogP contribution in [0.25, 0.3) is 0 Å². The van der Waals surface area contributed by atoms with Gasteiger partial charge in [-0.15, -0.1) is 0 Å². The van der Waals surface area contributed by atoms with Gasteiger partial charge in [0.15, 0.2) is 15.4 Å². The Morgan fingerprint density at radius 3 is 2.86 bits per heavy atom. The van der Waals surface area contributed by atoms with Gasteiger partial charge in [0.2, 0.25) is 0 Å². The molecule has 2 saturated heterocycles. The first-order valence-electron chi connectivity index (χ1n) is 4.29. The van der Waals surface area contributed by atoms with E-state index in [9.17, 15) is 13.2 Å². The fraction of sp³-hybridized carbons (Fsp3) is 0.857. The van der Waals surface area contributed by atoms with Crippen LogP contribution in [0.3, 0.4) is 0 Å². The number of carboxylic acid groups (broad SMARTS) is 1. The summed E-state index contributed by atoms with van der Waals surface area (Å²) in [7, 11) is -3.33. The molecule has 0 amide bonds. The molecule has 2 atom stereocenters. The normalized spacial score (nSPS) is 40.4. The van der Waals surface area contributed by atoms with Crippen LogP contribution < -0.4 is 5.32 Å². The summed E-state index contributed by atoms with van der Waals surface area (Å²) in [4.78, 5) is 11.0. The fourth-order valence-corrected chi connectivity index (χ4v) is 3.79. The van der Waals surface area contributed by atoms with Gasteiger partial charge in [0, 0.05) is 13.1 Å². The maximum atomic E-state index is 11.6. The topological polar surface area (TPSA) is 92.7 Å². The molecule has 0 bridgehead atoms. The minimum Gasteiger partial charge on any atom is -0.479 e. The van der Waals surface area contributed by atoms with Crippen molar-refractivity contribution < 1.29 is 23.1 Å². The number of hydrogen-bond acceptors (Lipinski definition) is 5. The van der Waals surface area contributed by atoms with Gasteiger partial charge in [0.1, 0.15) is 5.25 Å². The number of rotatable bonds is 1. The number of aliphatic carboxylic acids is 1. The highest BCUT2D eigenvalue weighted by atomic mass is 32.2. The third kappa shape index (κ3) is 1.16. The first-order valence-corrected chi connectivity index (χ1v) is 6.00. The summed E-state index contributed by atoms with van der Waals surface area (Å²) in [6.07, 6.45) is 0. The Morgan fingerprint density at radius 1 is 1.57 bits per heavy atom. The Balaban J connectivity index is 2.45. The summed E-state index contributed by atoms with van der Waals surface area (Å²) in [6.45, 7) is 0.188. The number of ether oxygens (including phenoxy) is 1. The number of hydrogen-bond donors (Lipinski definition) is 2. The molecule has 2 fully saturated rings. The number of fused-ring (bicyclic) bond motifs is 1. The van der Waals surface area contributed by atoms with Crippen molar-refractivity contribution in [1.29, 1.82) is 0 Å². The van der Waals surface area contributed by atoms with Gasteiger partial charge in [-0.2, -0.15) is 0 Å². The second kappa shape index (κ2) is 2.91. The summed E-state index contributed by atoms with van der Waals surface area (Å²) >= 11 is 0. The largest absolute Gasteiger partial charge is 0.479 e. The van der Waals surface area contributed by atoms with E-state index in [1.165, 1.54) is 0 Å². The molecule has 2 rings (SSSR count). The van der Waals surface area contributed by atoms with Gasteiger partial charge >= 0.3 is 5.97 Å². The standard InChI is InChI=1S/C7H11NO5S/c9-6(10)7-4-8-3-5(7)14(11,12)2-1-13-7/h5,8H,1-4H2,(H,9,10)/t5-,7+/m1/s1. The van der Waals surface area contributed by atoms with E-state index in [4.69, 9.17) is 9.84 Å². The molecule has 80 valence electrons. The first kappa shape index (κ1) is 9.88. The predicted molar refractivity (Wildman–Crippen MR) is 46.8 cm³/mol.